The molecule has 0 radical (unpaired) electrons. The van der Waals surface area contributed by atoms with Crippen molar-refractivity contribution in [3.63, 3.8) is 0 Å². The molecule has 1 amide bonds. The topological polar surface area (TPSA) is 50.8 Å². The second kappa shape index (κ2) is 4.10. The number of ether oxygens (including phenoxy) is 1. The van der Waals surface area contributed by atoms with Gasteiger partial charge in [0, 0.05) is 19.7 Å². The van der Waals surface area contributed by atoms with E-state index in [4.69, 9.17) is 9.57 Å². The quantitative estimate of drug-likeness (QED) is 0.713. The standard InChI is InChI=1S/C10H16N2O3/c1-12(2)10(13)14-9-7-5-3-4-6-8(7)15-11-9/h8,11H,3-6H2,1-2H3. The van der Waals surface area contributed by atoms with E-state index in [2.05, 4.69) is 5.48 Å². The van der Waals surface area contributed by atoms with Crippen molar-refractivity contribution in [2.45, 2.75) is 31.8 Å². The molecule has 1 aliphatic carbocycles. The van der Waals surface area contributed by atoms with E-state index in [-0.39, 0.29) is 12.2 Å². The Morgan fingerprint density at radius 1 is 1.53 bits per heavy atom. The Bertz CT molecular complexity index is 299. The molecule has 0 aromatic carbocycles. The van der Waals surface area contributed by atoms with Crippen molar-refractivity contribution in [1.29, 1.82) is 0 Å². The molecule has 1 heterocycles. The molecule has 0 saturated heterocycles. The van der Waals surface area contributed by atoms with Crippen molar-refractivity contribution in [2.75, 3.05) is 14.1 Å². The van der Waals surface area contributed by atoms with Crippen LogP contribution in [0.5, 0.6) is 0 Å². The Morgan fingerprint density at radius 3 is 3.07 bits per heavy atom. The van der Waals surface area contributed by atoms with E-state index < -0.39 is 0 Å². The number of nitrogens with zero attached hydrogens (tertiary/aromatic N) is 1. The van der Waals surface area contributed by atoms with E-state index >= 15 is 0 Å². The van der Waals surface area contributed by atoms with Crippen LogP contribution < -0.4 is 5.48 Å². The number of hydroxylamine groups is 1. The second-order valence-electron chi connectivity index (χ2n) is 4.07. The summed E-state index contributed by atoms with van der Waals surface area (Å²) in [6, 6.07) is 0. The highest BCUT2D eigenvalue weighted by molar-refractivity contribution is 5.68. The molecule has 1 N–H and O–H groups in total. The third-order valence-electron chi connectivity index (χ3n) is 2.69. The maximum absolute atomic E-state index is 11.3. The second-order valence-corrected chi connectivity index (χ2v) is 4.07. The first-order chi connectivity index (χ1) is 7.18. The fourth-order valence-electron chi connectivity index (χ4n) is 1.83. The molecular weight excluding hydrogens is 196 g/mol. The molecule has 0 bridgehead atoms. The molecule has 0 aromatic heterocycles. The Balaban J connectivity index is 2.05. The van der Waals surface area contributed by atoms with Crippen LogP contribution in [-0.4, -0.2) is 31.2 Å². The first kappa shape index (κ1) is 10.3. The van der Waals surface area contributed by atoms with E-state index in [0.29, 0.717) is 5.88 Å². The van der Waals surface area contributed by atoms with E-state index in [0.717, 1.165) is 24.8 Å². The highest BCUT2D eigenvalue weighted by Gasteiger charge is 2.31. The van der Waals surface area contributed by atoms with Crippen LogP contribution in [0, 0.1) is 0 Å². The number of rotatable bonds is 1. The zero-order valence-electron chi connectivity index (χ0n) is 9.08. The molecule has 1 unspecified atom stereocenters. The molecule has 2 rings (SSSR count). The van der Waals surface area contributed by atoms with Crippen molar-refractivity contribution >= 4 is 6.09 Å². The Hall–Kier alpha value is -1.23. The highest BCUT2D eigenvalue weighted by atomic mass is 16.7. The number of amides is 1. The molecule has 1 aliphatic heterocycles. The Kier molecular flexibility index (Phi) is 2.81. The average molecular weight is 212 g/mol. The van der Waals surface area contributed by atoms with Crippen molar-refractivity contribution < 1.29 is 14.4 Å². The minimum Gasteiger partial charge on any atom is -0.391 e. The maximum atomic E-state index is 11.3. The third kappa shape index (κ3) is 2.07. The van der Waals surface area contributed by atoms with Crippen molar-refractivity contribution in [3.8, 4) is 0 Å². The molecule has 1 fully saturated rings. The molecule has 84 valence electrons. The lowest BCUT2D eigenvalue weighted by atomic mass is 9.93. The molecule has 15 heavy (non-hydrogen) atoms. The minimum absolute atomic E-state index is 0.101. The van der Waals surface area contributed by atoms with Gasteiger partial charge in [-0.05, 0) is 19.3 Å². The molecule has 0 aromatic rings. The van der Waals surface area contributed by atoms with E-state index in [1.807, 2.05) is 0 Å². The van der Waals surface area contributed by atoms with Gasteiger partial charge >= 0.3 is 6.09 Å². The number of nitrogens with one attached hydrogen (secondary N) is 1. The first-order valence-corrected chi connectivity index (χ1v) is 5.22. The predicted octanol–water partition coefficient (Wildman–Crippen LogP) is 1.37. The van der Waals surface area contributed by atoms with Crippen LogP contribution >= 0.6 is 0 Å². The lowest BCUT2D eigenvalue weighted by Crippen LogP contribution is -2.25. The maximum Gasteiger partial charge on any atom is 0.416 e. The number of carbonyl (C=O) groups is 1. The van der Waals surface area contributed by atoms with Gasteiger partial charge in [-0.15, -0.1) is 0 Å². The number of carbonyl (C=O) groups excluding carboxylic acids is 1. The average Bonchev–Trinajstić information content (AvgIpc) is 2.62. The molecule has 2 aliphatic rings. The summed E-state index contributed by atoms with van der Waals surface area (Å²) >= 11 is 0. The van der Waals surface area contributed by atoms with E-state index in [9.17, 15) is 4.79 Å². The minimum atomic E-state index is -0.375. The highest BCUT2D eigenvalue weighted by Crippen LogP contribution is 2.31. The lowest BCUT2D eigenvalue weighted by molar-refractivity contribution is 0.00972. The number of hydrogen-bond acceptors (Lipinski definition) is 4. The smallest absolute Gasteiger partial charge is 0.391 e. The van der Waals surface area contributed by atoms with Crippen molar-refractivity contribution in [2.24, 2.45) is 0 Å². The summed E-state index contributed by atoms with van der Waals surface area (Å²) < 4.78 is 5.17. The summed E-state index contributed by atoms with van der Waals surface area (Å²) in [5, 5.41) is 0. The van der Waals surface area contributed by atoms with Crippen LogP contribution in [-0.2, 0) is 9.57 Å². The molecule has 1 atom stereocenters. The Morgan fingerprint density at radius 2 is 2.33 bits per heavy atom. The normalized spacial score (nSPS) is 24.5. The summed E-state index contributed by atoms with van der Waals surface area (Å²) in [7, 11) is 3.31. The fraction of sp³-hybridized carbons (Fsp3) is 0.700. The number of hydrogen-bond donors (Lipinski definition) is 1. The van der Waals surface area contributed by atoms with E-state index in [1.54, 1.807) is 14.1 Å². The van der Waals surface area contributed by atoms with E-state index in [1.165, 1.54) is 11.3 Å². The summed E-state index contributed by atoms with van der Waals surface area (Å²) in [6.45, 7) is 0. The van der Waals surface area contributed by atoms with Crippen LogP contribution in [0.25, 0.3) is 0 Å². The number of fused-ring (bicyclic) bond motifs is 1. The van der Waals surface area contributed by atoms with Gasteiger partial charge in [0.15, 0.2) is 0 Å². The summed E-state index contributed by atoms with van der Waals surface area (Å²) in [5.74, 6) is 0.499. The van der Waals surface area contributed by atoms with Crippen molar-refractivity contribution in [3.05, 3.63) is 11.5 Å². The van der Waals surface area contributed by atoms with Crippen LogP contribution in [0.1, 0.15) is 25.7 Å². The molecule has 0 spiro atoms. The van der Waals surface area contributed by atoms with Gasteiger partial charge in [-0.2, -0.15) is 0 Å². The van der Waals surface area contributed by atoms with Gasteiger partial charge in [0.25, 0.3) is 0 Å². The summed E-state index contributed by atoms with van der Waals surface area (Å²) in [6.07, 6.45) is 3.99. The predicted molar refractivity (Wildman–Crippen MR) is 53.7 cm³/mol. The van der Waals surface area contributed by atoms with Crippen LogP contribution in [0.3, 0.4) is 0 Å². The van der Waals surface area contributed by atoms with Crippen LogP contribution in [0.4, 0.5) is 4.79 Å². The van der Waals surface area contributed by atoms with Gasteiger partial charge in [-0.25, -0.2) is 10.3 Å². The molecule has 5 nitrogen and oxygen atoms in total. The van der Waals surface area contributed by atoms with Gasteiger partial charge < -0.3 is 9.64 Å². The summed E-state index contributed by atoms with van der Waals surface area (Å²) in [5.41, 5.74) is 3.79. The zero-order chi connectivity index (χ0) is 10.8. The van der Waals surface area contributed by atoms with Crippen LogP contribution in [0.15, 0.2) is 11.5 Å². The summed E-state index contributed by atoms with van der Waals surface area (Å²) in [4.78, 5) is 18.1. The molecular formula is C10H16N2O3. The van der Waals surface area contributed by atoms with Gasteiger partial charge in [0.05, 0.1) is 0 Å². The van der Waals surface area contributed by atoms with Crippen LogP contribution in [0.2, 0.25) is 0 Å². The molecule has 1 saturated carbocycles. The SMILES string of the molecule is CN(C)C(=O)OC1=C2CCCCC2ON1. The first-order valence-electron chi connectivity index (χ1n) is 5.22. The Labute approximate surface area is 89.0 Å². The third-order valence-corrected chi connectivity index (χ3v) is 2.69. The van der Waals surface area contributed by atoms with Gasteiger partial charge in [0.2, 0.25) is 5.88 Å². The lowest BCUT2D eigenvalue weighted by Gasteiger charge is -2.17. The van der Waals surface area contributed by atoms with Crippen molar-refractivity contribution in [1.82, 2.24) is 10.4 Å². The van der Waals surface area contributed by atoms with Gasteiger partial charge in [-0.1, -0.05) is 6.42 Å². The zero-order valence-corrected chi connectivity index (χ0v) is 9.08. The largest absolute Gasteiger partial charge is 0.416 e. The molecule has 5 heteroatoms. The van der Waals surface area contributed by atoms with Gasteiger partial charge in [0.1, 0.15) is 6.10 Å². The monoisotopic (exact) mass is 212 g/mol. The van der Waals surface area contributed by atoms with Gasteiger partial charge in [-0.3, -0.25) is 4.84 Å². The fourth-order valence-corrected chi connectivity index (χ4v) is 1.83.